The van der Waals surface area contributed by atoms with Crippen LogP contribution in [0.5, 0.6) is 0 Å². The monoisotopic (exact) mass is 328 g/mol. The highest BCUT2D eigenvalue weighted by molar-refractivity contribution is 6.33. The molecule has 0 unspecified atom stereocenters. The number of carbonyl (C=O) groups excluding carboxylic acids is 2. The quantitative estimate of drug-likeness (QED) is 0.872. The predicted octanol–water partition coefficient (Wildman–Crippen LogP) is 3.40. The highest BCUT2D eigenvalue weighted by atomic mass is 35.5. The number of halogens is 1. The second kappa shape index (κ2) is 7.43. The number of anilines is 1. The molecule has 0 spiro atoms. The van der Waals surface area contributed by atoms with Crippen molar-refractivity contribution in [2.24, 2.45) is 0 Å². The number of esters is 1. The smallest absolute Gasteiger partial charge is 0.340 e. The van der Waals surface area contributed by atoms with Crippen molar-refractivity contribution < 1.29 is 14.3 Å². The second-order valence-corrected chi connectivity index (χ2v) is 5.12. The summed E-state index contributed by atoms with van der Waals surface area (Å²) in [6.45, 7) is 1.46. The molecule has 2 aromatic carbocycles. The summed E-state index contributed by atoms with van der Waals surface area (Å²) in [5, 5.41) is 11.7. The molecule has 1 atom stereocenters. The Hall–Kier alpha value is -2.84. The third-order valence-corrected chi connectivity index (χ3v) is 3.34. The van der Waals surface area contributed by atoms with Crippen molar-refractivity contribution in [3.05, 3.63) is 64.7 Å². The lowest BCUT2D eigenvalue weighted by Crippen LogP contribution is -2.30. The summed E-state index contributed by atoms with van der Waals surface area (Å²) in [4.78, 5) is 24.1. The zero-order chi connectivity index (χ0) is 16.8. The standard InChI is InChI=1S/C17H13ClN2O3/c1-11(23-17(22)14-7-2-3-8-15(14)18)16(21)20-13-6-4-5-12(9-13)10-19/h2-9,11H,1H3,(H,20,21)/t11-/m1/s1. The van der Waals surface area contributed by atoms with Gasteiger partial charge in [0, 0.05) is 5.69 Å². The first-order chi connectivity index (χ1) is 11.0. The number of ether oxygens (including phenoxy) is 1. The molecule has 0 aliphatic rings. The fraction of sp³-hybridized carbons (Fsp3) is 0.118. The maximum absolute atomic E-state index is 12.1. The second-order valence-electron chi connectivity index (χ2n) is 4.71. The molecule has 0 radical (unpaired) electrons. The zero-order valence-corrected chi connectivity index (χ0v) is 13.0. The average Bonchev–Trinajstić information content (AvgIpc) is 2.55. The van der Waals surface area contributed by atoms with Crippen molar-refractivity contribution in [1.29, 1.82) is 5.26 Å². The van der Waals surface area contributed by atoms with Gasteiger partial charge >= 0.3 is 5.97 Å². The first-order valence-corrected chi connectivity index (χ1v) is 7.15. The number of carbonyl (C=O) groups is 2. The fourth-order valence-corrected chi connectivity index (χ4v) is 2.03. The number of benzene rings is 2. The highest BCUT2D eigenvalue weighted by Crippen LogP contribution is 2.17. The Morgan fingerprint density at radius 2 is 1.96 bits per heavy atom. The number of nitriles is 1. The van der Waals surface area contributed by atoms with E-state index in [2.05, 4.69) is 5.32 Å². The molecule has 5 nitrogen and oxygen atoms in total. The van der Waals surface area contributed by atoms with Gasteiger partial charge in [-0.15, -0.1) is 0 Å². The lowest BCUT2D eigenvalue weighted by Gasteiger charge is -2.14. The van der Waals surface area contributed by atoms with Gasteiger partial charge in [0.1, 0.15) is 0 Å². The minimum Gasteiger partial charge on any atom is -0.449 e. The summed E-state index contributed by atoms with van der Waals surface area (Å²) in [5.74, 6) is -1.18. The van der Waals surface area contributed by atoms with Crippen molar-refractivity contribution in [3.63, 3.8) is 0 Å². The van der Waals surface area contributed by atoms with Crippen molar-refractivity contribution in [3.8, 4) is 6.07 Å². The van der Waals surface area contributed by atoms with Gasteiger partial charge in [-0.1, -0.05) is 29.8 Å². The van der Waals surface area contributed by atoms with E-state index in [0.717, 1.165) is 0 Å². The molecular formula is C17H13ClN2O3. The van der Waals surface area contributed by atoms with E-state index in [-0.39, 0.29) is 10.6 Å². The van der Waals surface area contributed by atoms with Gasteiger partial charge in [-0.05, 0) is 37.3 Å². The zero-order valence-electron chi connectivity index (χ0n) is 12.2. The van der Waals surface area contributed by atoms with E-state index in [1.807, 2.05) is 6.07 Å². The molecule has 2 aromatic rings. The van der Waals surface area contributed by atoms with Crippen LogP contribution in [0.3, 0.4) is 0 Å². The Morgan fingerprint density at radius 3 is 2.65 bits per heavy atom. The molecular weight excluding hydrogens is 316 g/mol. The van der Waals surface area contributed by atoms with E-state index in [1.54, 1.807) is 36.4 Å². The van der Waals surface area contributed by atoms with E-state index in [9.17, 15) is 9.59 Å². The van der Waals surface area contributed by atoms with Crippen LogP contribution in [0.4, 0.5) is 5.69 Å². The van der Waals surface area contributed by atoms with Gasteiger partial charge < -0.3 is 10.1 Å². The minimum atomic E-state index is -1.01. The largest absolute Gasteiger partial charge is 0.449 e. The van der Waals surface area contributed by atoms with Gasteiger partial charge in [0.2, 0.25) is 0 Å². The van der Waals surface area contributed by atoms with Crippen LogP contribution in [0, 0.1) is 11.3 Å². The van der Waals surface area contributed by atoms with Crippen molar-refractivity contribution in [1.82, 2.24) is 0 Å². The highest BCUT2D eigenvalue weighted by Gasteiger charge is 2.20. The van der Waals surface area contributed by atoms with E-state index >= 15 is 0 Å². The molecule has 0 aromatic heterocycles. The average molecular weight is 329 g/mol. The van der Waals surface area contributed by atoms with Gasteiger partial charge in [0.05, 0.1) is 22.2 Å². The van der Waals surface area contributed by atoms with Crippen molar-refractivity contribution in [2.45, 2.75) is 13.0 Å². The van der Waals surface area contributed by atoms with Crippen LogP contribution in [-0.4, -0.2) is 18.0 Å². The Morgan fingerprint density at radius 1 is 1.22 bits per heavy atom. The van der Waals surface area contributed by atoms with Crippen molar-refractivity contribution >= 4 is 29.2 Å². The van der Waals surface area contributed by atoms with Crippen LogP contribution in [0.1, 0.15) is 22.8 Å². The summed E-state index contributed by atoms with van der Waals surface area (Å²) in [6.07, 6.45) is -1.01. The Labute approximate surface area is 138 Å². The first kappa shape index (κ1) is 16.5. The number of hydrogen-bond acceptors (Lipinski definition) is 4. The van der Waals surface area contributed by atoms with Crippen LogP contribution >= 0.6 is 11.6 Å². The number of hydrogen-bond donors (Lipinski definition) is 1. The molecule has 0 bridgehead atoms. The number of nitrogens with zero attached hydrogens (tertiary/aromatic N) is 1. The summed E-state index contributed by atoms with van der Waals surface area (Å²) >= 11 is 5.91. The Kier molecular flexibility index (Phi) is 5.34. The summed E-state index contributed by atoms with van der Waals surface area (Å²) in [5.41, 5.74) is 1.07. The minimum absolute atomic E-state index is 0.195. The van der Waals surface area contributed by atoms with Crippen LogP contribution in [-0.2, 0) is 9.53 Å². The SMILES string of the molecule is C[C@@H](OC(=O)c1ccccc1Cl)C(=O)Nc1cccc(C#N)c1. The first-order valence-electron chi connectivity index (χ1n) is 6.78. The van der Waals surface area contributed by atoms with E-state index in [4.69, 9.17) is 21.6 Å². The van der Waals surface area contributed by atoms with E-state index < -0.39 is 18.0 Å². The van der Waals surface area contributed by atoms with Crippen LogP contribution in [0.25, 0.3) is 0 Å². The number of rotatable bonds is 4. The summed E-state index contributed by atoms with van der Waals surface area (Å²) in [7, 11) is 0. The molecule has 6 heteroatoms. The molecule has 2 rings (SSSR count). The third-order valence-electron chi connectivity index (χ3n) is 3.01. The van der Waals surface area contributed by atoms with Gasteiger partial charge in [-0.2, -0.15) is 5.26 Å². The molecule has 0 saturated heterocycles. The van der Waals surface area contributed by atoms with Gasteiger partial charge in [0.25, 0.3) is 5.91 Å². The topological polar surface area (TPSA) is 79.2 Å². The maximum Gasteiger partial charge on any atom is 0.340 e. The molecule has 0 heterocycles. The van der Waals surface area contributed by atoms with Gasteiger partial charge in [0.15, 0.2) is 6.10 Å². The molecule has 0 saturated carbocycles. The number of amides is 1. The molecule has 0 aliphatic heterocycles. The van der Waals surface area contributed by atoms with Crippen LogP contribution in [0.2, 0.25) is 5.02 Å². The third kappa shape index (κ3) is 4.31. The fourth-order valence-electron chi connectivity index (χ4n) is 1.81. The molecule has 1 amide bonds. The van der Waals surface area contributed by atoms with Crippen LogP contribution < -0.4 is 5.32 Å². The Balaban J connectivity index is 2.01. The normalized spacial score (nSPS) is 11.2. The van der Waals surface area contributed by atoms with E-state index in [1.165, 1.54) is 19.1 Å². The van der Waals surface area contributed by atoms with Gasteiger partial charge in [-0.25, -0.2) is 4.79 Å². The number of nitrogens with one attached hydrogen (secondary N) is 1. The van der Waals surface area contributed by atoms with Crippen molar-refractivity contribution in [2.75, 3.05) is 5.32 Å². The maximum atomic E-state index is 12.1. The lowest BCUT2D eigenvalue weighted by atomic mass is 10.2. The van der Waals surface area contributed by atoms with E-state index in [0.29, 0.717) is 11.3 Å². The molecule has 23 heavy (non-hydrogen) atoms. The van der Waals surface area contributed by atoms with Gasteiger partial charge in [-0.3, -0.25) is 4.79 Å². The lowest BCUT2D eigenvalue weighted by molar-refractivity contribution is -0.123. The molecule has 0 aliphatic carbocycles. The summed E-state index contributed by atoms with van der Waals surface area (Å²) < 4.78 is 5.11. The Bertz CT molecular complexity index is 783. The molecule has 116 valence electrons. The molecule has 1 N–H and O–H groups in total. The molecule has 0 fully saturated rings. The van der Waals surface area contributed by atoms with Crippen LogP contribution in [0.15, 0.2) is 48.5 Å². The predicted molar refractivity (Wildman–Crippen MR) is 86.1 cm³/mol. The summed E-state index contributed by atoms with van der Waals surface area (Å²) in [6, 6.07) is 14.8.